The standard InChI is InChI=1S/C17H23NO3S/c1-13-8-7-11-17(3,16(13)18(19)20)22(21)12-14(2)15-9-5-4-6-10-15/h4-10,13-14,16H,11-12H2,1-3H3/t13-,14-,16-,17-,22+/m1/s1. The van der Waals surface area contributed by atoms with Crippen LogP contribution in [0, 0.1) is 16.0 Å². The monoisotopic (exact) mass is 321 g/mol. The largest absolute Gasteiger partial charge is 0.264 e. The van der Waals surface area contributed by atoms with Crippen molar-refractivity contribution < 1.29 is 9.13 Å². The van der Waals surface area contributed by atoms with E-state index in [0.29, 0.717) is 12.2 Å². The molecule has 0 spiro atoms. The number of nitro groups is 1. The zero-order valence-corrected chi connectivity index (χ0v) is 14.1. The molecule has 0 aliphatic heterocycles. The Hall–Kier alpha value is -1.49. The van der Waals surface area contributed by atoms with Crippen LogP contribution in [0.3, 0.4) is 0 Å². The quantitative estimate of drug-likeness (QED) is 0.473. The van der Waals surface area contributed by atoms with Crippen molar-refractivity contribution >= 4 is 10.8 Å². The van der Waals surface area contributed by atoms with E-state index in [-0.39, 0.29) is 16.8 Å². The summed E-state index contributed by atoms with van der Waals surface area (Å²) in [5.41, 5.74) is 1.12. The molecule has 5 atom stereocenters. The van der Waals surface area contributed by atoms with Gasteiger partial charge in [0.25, 0.3) is 0 Å². The zero-order chi connectivity index (χ0) is 16.3. The average molecular weight is 321 g/mol. The smallest absolute Gasteiger partial charge is 0.235 e. The Labute approximate surface area is 134 Å². The third kappa shape index (κ3) is 3.29. The van der Waals surface area contributed by atoms with Gasteiger partial charge in [0.2, 0.25) is 6.04 Å². The zero-order valence-electron chi connectivity index (χ0n) is 13.3. The number of nitrogens with zero attached hydrogens (tertiary/aromatic N) is 1. The van der Waals surface area contributed by atoms with Crippen molar-refractivity contribution in [2.45, 2.75) is 43.9 Å². The van der Waals surface area contributed by atoms with Gasteiger partial charge in [0.05, 0.1) is 0 Å². The summed E-state index contributed by atoms with van der Waals surface area (Å²) in [5, 5.41) is 11.5. The minimum Gasteiger partial charge on any atom is -0.264 e. The number of allylic oxidation sites excluding steroid dienone is 1. The van der Waals surface area contributed by atoms with Crippen LogP contribution in [0.15, 0.2) is 42.5 Å². The first-order valence-electron chi connectivity index (χ1n) is 7.60. The maximum absolute atomic E-state index is 12.9. The lowest BCUT2D eigenvalue weighted by molar-refractivity contribution is -0.535. The fourth-order valence-corrected chi connectivity index (χ4v) is 5.12. The van der Waals surface area contributed by atoms with Gasteiger partial charge in [-0.15, -0.1) is 0 Å². The molecule has 1 aromatic carbocycles. The van der Waals surface area contributed by atoms with Crippen molar-refractivity contribution in [3.05, 3.63) is 58.2 Å². The van der Waals surface area contributed by atoms with Gasteiger partial charge in [-0.05, 0) is 24.8 Å². The fourth-order valence-electron chi connectivity index (χ4n) is 3.24. The second-order valence-corrected chi connectivity index (χ2v) is 8.32. The first-order chi connectivity index (χ1) is 10.4. The van der Waals surface area contributed by atoms with Gasteiger partial charge in [0.15, 0.2) is 0 Å². The van der Waals surface area contributed by atoms with Crippen LogP contribution >= 0.6 is 0 Å². The van der Waals surface area contributed by atoms with Crippen LogP contribution in [0.5, 0.6) is 0 Å². The maximum Gasteiger partial charge on any atom is 0.235 e. The van der Waals surface area contributed by atoms with Crippen molar-refractivity contribution in [1.29, 1.82) is 0 Å². The highest BCUT2D eigenvalue weighted by molar-refractivity contribution is 7.86. The SMILES string of the molecule is C[C@H](C[S@](=O)[C@]1(C)CC=C[C@@H](C)[C@H]1[N+](=O)[O-])c1ccccc1. The molecular weight excluding hydrogens is 298 g/mol. The molecule has 0 amide bonds. The fraction of sp³-hybridized carbons (Fsp3) is 0.529. The Morgan fingerprint density at radius 3 is 2.64 bits per heavy atom. The second kappa shape index (κ2) is 6.73. The lowest BCUT2D eigenvalue weighted by Gasteiger charge is -2.36. The predicted molar refractivity (Wildman–Crippen MR) is 90.0 cm³/mol. The molecule has 120 valence electrons. The lowest BCUT2D eigenvalue weighted by atomic mass is 9.83. The van der Waals surface area contributed by atoms with Crippen molar-refractivity contribution in [3.63, 3.8) is 0 Å². The molecule has 0 N–H and O–H groups in total. The summed E-state index contributed by atoms with van der Waals surface area (Å²) >= 11 is 0. The van der Waals surface area contributed by atoms with Gasteiger partial charge in [0, 0.05) is 27.4 Å². The van der Waals surface area contributed by atoms with Crippen LogP contribution in [-0.4, -0.2) is 25.7 Å². The average Bonchev–Trinajstić information content (AvgIpc) is 2.47. The van der Waals surface area contributed by atoms with Gasteiger partial charge in [-0.3, -0.25) is 14.3 Å². The predicted octanol–water partition coefficient (Wildman–Crippen LogP) is 3.54. The van der Waals surface area contributed by atoms with Crippen molar-refractivity contribution in [2.75, 3.05) is 5.75 Å². The lowest BCUT2D eigenvalue weighted by Crippen LogP contribution is -2.53. The summed E-state index contributed by atoms with van der Waals surface area (Å²) < 4.78 is 12.1. The normalized spacial score (nSPS) is 30.7. The minimum absolute atomic E-state index is 0.118. The molecule has 0 heterocycles. The number of hydrogen-bond donors (Lipinski definition) is 0. The molecule has 0 unspecified atom stereocenters. The van der Waals surface area contributed by atoms with E-state index in [1.165, 1.54) is 0 Å². The van der Waals surface area contributed by atoms with Crippen LogP contribution in [0.2, 0.25) is 0 Å². The van der Waals surface area contributed by atoms with Gasteiger partial charge in [-0.25, -0.2) is 0 Å². The first kappa shape index (κ1) is 16.9. The van der Waals surface area contributed by atoms with Gasteiger partial charge < -0.3 is 0 Å². The Balaban J connectivity index is 2.20. The summed E-state index contributed by atoms with van der Waals surface area (Å²) in [7, 11) is -1.27. The molecule has 0 fully saturated rings. The van der Waals surface area contributed by atoms with Crippen molar-refractivity contribution in [3.8, 4) is 0 Å². The Morgan fingerprint density at radius 2 is 2.05 bits per heavy atom. The summed E-state index contributed by atoms with van der Waals surface area (Å²) in [4.78, 5) is 11.2. The molecule has 22 heavy (non-hydrogen) atoms. The van der Waals surface area contributed by atoms with E-state index in [2.05, 4.69) is 0 Å². The molecule has 0 saturated carbocycles. The molecule has 1 aromatic rings. The summed E-state index contributed by atoms with van der Waals surface area (Å²) in [6.07, 6.45) is 4.31. The van der Waals surface area contributed by atoms with Crippen LogP contribution in [0.25, 0.3) is 0 Å². The Morgan fingerprint density at radius 1 is 1.41 bits per heavy atom. The van der Waals surface area contributed by atoms with E-state index in [0.717, 1.165) is 5.56 Å². The van der Waals surface area contributed by atoms with Crippen LogP contribution in [-0.2, 0) is 10.8 Å². The van der Waals surface area contributed by atoms with E-state index >= 15 is 0 Å². The molecule has 0 bridgehead atoms. The topological polar surface area (TPSA) is 60.2 Å². The van der Waals surface area contributed by atoms with Crippen molar-refractivity contribution in [1.82, 2.24) is 0 Å². The van der Waals surface area contributed by atoms with Crippen LogP contribution < -0.4 is 0 Å². The van der Waals surface area contributed by atoms with Gasteiger partial charge in [-0.2, -0.15) is 0 Å². The molecule has 4 nitrogen and oxygen atoms in total. The highest BCUT2D eigenvalue weighted by atomic mass is 32.2. The van der Waals surface area contributed by atoms with Crippen LogP contribution in [0.1, 0.15) is 38.7 Å². The van der Waals surface area contributed by atoms with E-state index in [1.54, 1.807) is 6.92 Å². The Bertz CT molecular complexity index is 587. The van der Waals surface area contributed by atoms with Crippen molar-refractivity contribution in [2.24, 2.45) is 5.92 Å². The maximum atomic E-state index is 12.9. The van der Waals surface area contributed by atoms with E-state index < -0.39 is 21.6 Å². The molecule has 5 heteroatoms. The van der Waals surface area contributed by atoms with Gasteiger partial charge in [-0.1, -0.05) is 56.3 Å². The number of hydrogen-bond acceptors (Lipinski definition) is 3. The van der Waals surface area contributed by atoms with Crippen LogP contribution in [0.4, 0.5) is 0 Å². The van der Waals surface area contributed by atoms with E-state index in [1.807, 2.05) is 56.3 Å². The van der Waals surface area contributed by atoms with Gasteiger partial charge in [0.1, 0.15) is 4.75 Å². The summed E-state index contributed by atoms with van der Waals surface area (Å²) in [6, 6.07) is 9.10. The number of benzene rings is 1. The number of rotatable bonds is 5. The highest BCUT2D eigenvalue weighted by Gasteiger charge is 2.51. The second-order valence-electron chi connectivity index (χ2n) is 6.36. The van der Waals surface area contributed by atoms with Gasteiger partial charge >= 0.3 is 0 Å². The third-order valence-electron chi connectivity index (χ3n) is 4.60. The minimum atomic E-state index is -1.27. The van der Waals surface area contributed by atoms with E-state index in [9.17, 15) is 14.3 Å². The molecular formula is C17H23NO3S. The molecule has 0 radical (unpaired) electrons. The molecule has 0 saturated heterocycles. The van der Waals surface area contributed by atoms with E-state index in [4.69, 9.17) is 0 Å². The summed E-state index contributed by atoms with van der Waals surface area (Å²) in [6.45, 7) is 5.66. The first-order valence-corrected chi connectivity index (χ1v) is 8.91. The molecule has 0 aromatic heterocycles. The summed E-state index contributed by atoms with van der Waals surface area (Å²) in [5.74, 6) is 0.378. The highest BCUT2D eigenvalue weighted by Crippen LogP contribution is 2.36. The Kier molecular flexibility index (Phi) is 5.16. The molecule has 1 aliphatic rings. The molecule has 2 rings (SSSR count). The third-order valence-corrected chi connectivity index (χ3v) is 6.85. The molecule has 1 aliphatic carbocycles.